The summed E-state index contributed by atoms with van der Waals surface area (Å²) in [5.41, 5.74) is -1.03. The quantitative estimate of drug-likeness (QED) is 0.398. The first-order valence-corrected chi connectivity index (χ1v) is 10.1. The second kappa shape index (κ2) is 8.47. The Morgan fingerprint density at radius 1 is 1.44 bits per heavy atom. The van der Waals surface area contributed by atoms with Crippen molar-refractivity contribution in [3.05, 3.63) is 32.6 Å². The molecule has 0 aliphatic carbocycles. The minimum atomic E-state index is -0.866. The summed E-state index contributed by atoms with van der Waals surface area (Å²) in [7, 11) is 3.30. The highest BCUT2D eigenvalue weighted by atomic mass is 33.1. The summed E-state index contributed by atoms with van der Waals surface area (Å²) >= 11 is 0. The van der Waals surface area contributed by atoms with Crippen LogP contribution in [0.2, 0.25) is 0 Å². The fraction of sp³-hybridized carbons (Fsp3) is 0.625. The number of aromatic amines is 1. The third-order valence-electron chi connectivity index (χ3n) is 3.33. The van der Waals surface area contributed by atoms with Gasteiger partial charge in [-0.2, -0.15) is 0 Å². The molecule has 0 amide bonds. The van der Waals surface area contributed by atoms with Gasteiger partial charge in [-0.1, -0.05) is 54.2 Å². The van der Waals surface area contributed by atoms with E-state index in [1.807, 2.05) is 0 Å². The van der Waals surface area contributed by atoms with Crippen LogP contribution in [-0.2, 0) is 4.74 Å². The van der Waals surface area contributed by atoms with Gasteiger partial charge >= 0.3 is 5.69 Å². The largest absolute Gasteiger partial charge is 0.394 e. The second-order valence-corrected chi connectivity index (χ2v) is 9.71. The van der Waals surface area contributed by atoms with Gasteiger partial charge in [-0.25, -0.2) is 4.79 Å². The lowest BCUT2D eigenvalue weighted by atomic mass is 10.2. The van der Waals surface area contributed by atoms with Gasteiger partial charge in [0, 0.05) is 17.4 Å². The molecule has 3 N–H and O–H groups in total. The summed E-state index contributed by atoms with van der Waals surface area (Å²) in [4.78, 5) is 26.1. The van der Waals surface area contributed by atoms with Crippen LogP contribution in [-0.4, -0.2) is 49.1 Å². The minimum absolute atomic E-state index is 0.126. The molecule has 0 unspecified atom stereocenters. The van der Waals surface area contributed by atoms with Gasteiger partial charge in [-0.15, -0.1) is 0 Å². The minimum Gasteiger partial charge on any atom is -0.394 e. The number of aliphatic hydroxyl groups is 2. The van der Waals surface area contributed by atoms with Crippen LogP contribution in [0.5, 0.6) is 0 Å². The molecule has 9 heteroatoms. The number of nitrogens with zero attached hydrogens (tertiary/aromatic N) is 1. The molecule has 1 fully saturated rings. The Labute approximate surface area is 153 Å². The molecule has 0 aromatic carbocycles. The number of hydrogen-bond donors (Lipinski definition) is 3. The third kappa shape index (κ3) is 5.66. The van der Waals surface area contributed by atoms with Gasteiger partial charge < -0.3 is 14.9 Å². The first-order valence-electron chi connectivity index (χ1n) is 7.80. The molecule has 0 radical (unpaired) electrons. The predicted octanol–water partition coefficient (Wildman–Crippen LogP) is 0.709. The zero-order chi connectivity index (χ0) is 18.6. The van der Waals surface area contributed by atoms with Crippen molar-refractivity contribution in [3.63, 3.8) is 0 Å². The van der Waals surface area contributed by atoms with Crippen LogP contribution in [0.15, 0.2) is 15.8 Å². The van der Waals surface area contributed by atoms with E-state index in [1.54, 1.807) is 21.6 Å². The van der Waals surface area contributed by atoms with Crippen LogP contribution >= 0.6 is 21.6 Å². The van der Waals surface area contributed by atoms with Crippen molar-refractivity contribution in [1.82, 2.24) is 9.55 Å². The molecule has 0 saturated carbocycles. The zero-order valence-corrected chi connectivity index (χ0v) is 15.9. The van der Waals surface area contributed by atoms with E-state index in [0.717, 1.165) is 0 Å². The Balaban J connectivity index is 2.14. The van der Waals surface area contributed by atoms with Crippen LogP contribution in [0.1, 0.15) is 39.0 Å². The first kappa shape index (κ1) is 20.1. The fourth-order valence-corrected chi connectivity index (χ4v) is 4.16. The van der Waals surface area contributed by atoms with Gasteiger partial charge in [0.1, 0.15) is 17.9 Å². The lowest BCUT2D eigenvalue weighted by Gasteiger charge is -2.15. The summed E-state index contributed by atoms with van der Waals surface area (Å²) in [5, 5.41) is 18.9. The lowest BCUT2D eigenvalue weighted by molar-refractivity contribution is -0.0459. The SMILES string of the molecule is CC(C)(C)SSCC#Cc1cn([C@H]2C[C@H](O)[C@@H](CO)O2)c(=O)[nH]c1=O. The molecule has 25 heavy (non-hydrogen) atoms. The monoisotopic (exact) mass is 386 g/mol. The molecular weight excluding hydrogens is 364 g/mol. The Kier molecular flexibility index (Phi) is 6.82. The van der Waals surface area contributed by atoms with Crippen LogP contribution in [0.25, 0.3) is 0 Å². The number of H-pyrrole nitrogens is 1. The highest BCUT2D eigenvalue weighted by molar-refractivity contribution is 8.77. The van der Waals surface area contributed by atoms with E-state index in [9.17, 15) is 14.7 Å². The third-order valence-corrected chi connectivity index (χ3v) is 6.41. The number of ether oxygens (including phenoxy) is 1. The molecule has 2 rings (SSSR count). The Bertz CT molecular complexity index is 772. The van der Waals surface area contributed by atoms with Gasteiger partial charge in [0.05, 0.1) is 18.5 Å². The second-order valence-electron chi connectivity index (χ2n) is 6.58. The average molecular weight is 386 g/mol. The van der Waals surface area contributed by atoms with Crippen molar-refractivity contribution in [2.45, 2.75) is 50.4 Å². The highest BCUT2D eigenvalue weighted by Crippen LogP contribution is 2.34. The van der Waals surface area contributed by atoms with Crippen molar-refractivity contribution in [2.75, 3.05) is 12.4 Å². The fourth-order valence-electron chi connectivity index (χ4n) is 2.21. The summed E-state index contributed by atoms with van der Waals surface area (Å²) in [6, 6.07) is 0. The van der Waals surface area contributed by atoms with E-state index >= 15 is 0 Å². The molecule has 3 atom stereocenters. The average Bonchev–Trinajstić information content (AvgIpc) is 2.88. The normalized spacial score (nSPS) is 23.3. The number of aliphatic hydroxyl groups excluding tert-OH is 2. The summed E-state index contributed by atoms with van der Waals surface area (Å²) < 4.78 is 6.77. The smallest absolute Gasteiger partial charge is 0.330 e. The molecule has 1 aliphatic heterocycles. The van der Waals surface area contributed by atoms with Crippen molar-refractivity contribution in [1.29, 1.82) is 0 Å². The number of hydrogen-bond acceptors (Lipinski definition) is 7. The van der Waals surface area contributed by atoms with E-state index in [4.69, 9.17) is 9.84 Å². The highest BCUT2D eigenvalue weighted by Gasteiger charge is 2.35. The van der Waals surface area contributed by atoms with E-state index in [0.29, 0.717) is 5.75 Å². The van der Waals surface area contributed by atoms with Crippen molar-refractivity contribution < 1.29 is 14.9 Å². The van der Waals surface area contributed by atoms with Gasteiger partial charge in [-0.05, 0) is 0 Å². The van der Waals surface area contributed by atoms with Gasteiger partial charge in [0.2, 0.25) is 0 Å². The number of nitrogens with one attached hydrogen (secondary N) is 1. The molecule has 2 heterocycles. The molecule has 0 bridgehead atoms. The molecule has 0 spiro atoms. The van der Waals surface area contributed by atoms with E-state index in [1.165, 1.54) is 10.8 Å². The van der Waals surface area contributed by atoms with Crippen LogP contribution < -0.4 is 11.2 Å². The van der Waals surface area contributed by atoms with E-state index in [-0.39, 0.29) is 23.3 Å². The Morgan fingerprint density at radius 2 is 2.16 bits per heavy atom. The van der Waals surface area contributed by atoms with Crippen molar-refractivity contribution in [3.8, 4) is 11.8 Å². The zero-order valence-electron chi connectivity index (χ0n) is 14.3. The number of rotatable bonds is 4. The maximum atomic E-state index is 12.0. The summed E-state index contributed by atoms with van der Waals surface area (Å²) in [6.07, 6.45) is -0.865. The Morgan fingerprint density at radius 3 is 2.76 bits per heavy atom. The molecule has 138 valence electrons. The van der Waals surface area contributed by atoms with E-state index in [2.05, 4.69) is 37.6 Å². The van der Waals surface area contributed by atoms with E-state index < -0.39 is 29.7 Å². The van der Waals surface area contributed by atoms with Crippen molar-refractivity contribution in [2.24, 2.45) is 0 Å². The molecule has 1 aromatic heterocycles. The lowest BCUT2D eigenvalue weighted by Crippen LogP contribution is -2.33. The molecule has 1 saturated heterocycles. The van der Waals surface area contributed by atoms with Crippen LogP contribution in [0.4, 0.5) is 0 Å². The molecule has 7 nitrogen and oxygen atoms in total. The topological polar surface area (TPSA) is 105 Å². The standard InChI is InChI=1S/C16H22N2O5S2/c1-16(2,3)25-24-6-4-5-10-8-18(15(22)17-14(10)21)13-7-11(20)12(9-19)23-13/h8,11-13,19-20H,6-7,9H2,1-3H3,(H,17,21,22)/t11-,12+,13+/m0/s1. The molecule has 1 aromatic rings. The van der Waals surface area contributed by atoms with Crippen molar-refractivity contribution >= 4 is 21.6 Å². The molecule has 1 aliphatic rings. The van der Waals surface area contributed by atoms with Gasteiger partial charge in [-0.3, -0.25) is 14.3 Å². The van der Waals surface area contributed by atoms with Gasteiger partial charge in [0.25, 0.3) is 5.56 Å². The predicted molar refractivity (Wildman–Crippen MR) is 99.6 cm³/mol. The Hall–Kier alpha value is -1.18. The number of aromatic nitrogens is 2. The van der Waals surface area contributed by atoms with Crippen LogP contribution in [0.3, 0.4) is 0 Å². The van der Waals surface area contributed by atoms with Crippen LogP contribution in [0, 0.1) is 11.8 Å². The first-order chi connectivity index (χ1) is 11.7. The summed E-state index contributed by atoms with van der Waals surface area (Å²) in [6.45, 7) is 5.97. The maximum absolute atomic E-state index is 12.0. The summed E-state index contributed by atoms with van der Waals surface area (Å²) in [5.74, 6) is 6.23. The molecular formula is C16H22N2O5S2. The van der Waals surface area contributed by atoms with Gasteiger partial charge in [0.15, 0.2) is 0 Å². The maximum Gasteiger partial charge on any atom is 0.330 e.